The average Bonchev–Trinajstić information content (AvgIpc) is 2.85. The first-order chi connectivity index (χ1) is 8.78. The van der Waals surface area contributed by atoms with Crippen LogP contribution in [-0.2, 0) is 4.74 Å². The van der Waals surface area contributed by atoms with Gasteiger partial charge in [0.15, 0.2) is 0 Å². The molecule has 1 aromatic heterocycles. The van der Waals surface area contributed by atoms with Crippen molar-refractivity contribution in [3.63, 3.8) is 0 Å². The van der Waals surface area contributed by atoms with Crippen molar-refractivity contribution in [2.75, 3.05) is 13.1 Å². The third-order valence-electron chi connectivity index (χ3n) is 3.15. The largest absolute Gasteiger partial charge is 0.444 e. The maximum Gasteiger partial charge on any atom is 0.410 e. The number of ether oxygens (including phenoxy) is 1. The molecule has 0 unspecified atom stereocenters. The number of halogens is 1. The minimum absolute atomic E-state index is 0.235. The zero-order valence-electron chi connectivity index (χ0n) is 11.8. The molecule has 0 N–H and O–H groups in total. The van der Waals surface area contributed by atoms with Gasteiger partial charge in [-0.3, -0.25) is 4.68 Å². The number of hydrogen-bond acceptors (Lipinski definition) is 3. The molecule has 0 spiro atoms. The lowest BCUT2D eigenvalue weighted by Gasteiger charge is -2.24. The summed E-state index contributed by atoms with van der Waals surface area (Å²) in [5.74, 6) is 0. The first kappa shape index (κ1) is 14.4. The first-order valence-corrected chi connectivity index (χ1v) is 7.25. The fourth-order valence-corrected chi connectivity index (χ4v) is 2.48. The molecule has 1 aliphatic rings. The van der Waals surface area contributed by atoms with Gasteiger partial charge in [0.2, 0.25) is 0 Å². The van der Waals surface area contributed by atoms with Crippen LogP contribution in [0, 0.1) is 6.92 Å². The Labute approximate surface area is 122 Å². The molecule has 2 heterocycles. The summed E-state index contributed by atoms with van der Waals surface area (Å²) < 4.78 is 8.37. The van der Waals surface area contributed by atoms with E-state index in [4.69, 9.17) is 4.74 Å². The van der Waals surface area contributed by atoms with Crippen LogP contribution < -0.4 is 0 Å². The van der Waals surface area contributed by atoms with Crippen LogP contribution in [0.3, 0.4) is 0 Å². The van der Waals surface area contributed by atoms with Crippen molar-refractivity contribution < 1.29 is 9.53 Å². The predicted molar refractivity (Wildman–Crippen MR) is 76.1 cm³/mol. The van der Waals surface area contributed by atoms with Crippen molar-refractivity contribution in [3.8, 4) is 0 Å². The Hall–Kier alpha value is -1.04. The molecule has 0 saturated carbocycles. The number of amides is 1. The second-order valence-electron chi connectivity index (χ2n) is 5.89. The number of likely N-dealkylation sites (tertiary alicyclic amines) is 1. The van der Waals surface area contributed by atoms with Crippen LogP contribution in [0.4, 0.5) is 4.79 Å². The van der Waals surface area contributed by atoms with Crippen LogP contribution in [0.1, 0.15) is 38.9 Å². The molecule has 6 heteroatoms. The van der Waals surface area contributed by atoms with Gasteiger partial charge in [-0.15, -0.1) is 0 Å². The quantitative estimate of drug-likeness (QED) is 0.795. The molecular formula is C13H20BrN3O2. The predicted octanol–water partition coefficient (Wildman–Crippen LogP) is 3.14. The standard InChI is InChI=1S/C13H20BrN3O2/c1-9-11(14)7-15-17(9)10-5-6-16(8-10)12(18)19-13(2,3)4/h7,10H,5-6,8H2,1-4H3/t10-/m0/s1. The normalized spacial score (nSPS) is 19.8. The van der Waals surface area contributed by atoms with Gasteiger partial charge in [-0.05, 0) is 50.0 Å². The molecule has 0 aliphatic carbocycles. The molecule has 1 atom stereocenters. The van der Waals surface area contributed by atoms with Crippen LogP contribution in [-0.4, -0.2) is 39.5 Å². The van der Waals surface area contributed by atoms with E-state index in [-0.39, 0.29) is 12.1 Å². The number of aromatic nitrogens is 2. The van der Waals surface area contributed by atoms with E-state index in [0.29, 0.717) is 6.54 Å². The Morgan fingerprint density at radius 2 is 2.21 bits per heavy atom. The summed E-state index contributed by atoms with van der Waals surface area (Å²) in [6.45, 7) is 9.04. The lowest BCUT2D eigenvalue weighted by molar-refractivity contribution is 0.0288. The van der Waals surface area contributed by atoms with Crippen LogP contribution in [0.5, 0.6) is 0 Å². The SMILES string of the molecule is Cc1c(Br)cnn1[C@H]1CCN(C(=O)OC(C)(C)C)C1. The first-order valence-electron chi connectivity index (χ1n) is 6.45. The highest BCUT2D eigenvalue weighted by Crippen LogP contribution is 2.26. The van der Waals surface area contributed by atoms with E-state index < -0.39 is 5.60 Å². The number of carbonyl (C=O) groups is 1. The Kier molecular flexibility index (Phi) is 3.90. The van der Waals surface area contributed by atoms with Crippen molar-refractivity contribution in [1.82, 2.24) is 14.7 Å². The van der Waals surface area contributed by atoms with E-state index >= 15 is 0 Å². The van der Waals surface area contributed by atoms with Gasteiger partial charge >= 0.3 is 6.09 Å². The summed E-state index contributed by atoms with van der Waals surface area (Å²) in [6.07, 6.45) is 2.47. The lowest BCUT2D eigenvalue weighted by atomic mass is 10.2. The molecule has 1 amide bonds. The third kappa shape index (κ3) is 3.29. The highest BCUT2D eigenvalue weighted by atomic mass is 79.9. The molecule has 0 aromatic carbocycles. The zero-order valence-corrected chi connectivity index (χ0v) is 13.4. The van der Waals surface area contributed by atoms with Gasteiger partial charge in [0.25, 0.3) is 0 Å². The number of nitrogens with zero attached hydrogens (tertiary/aromatic N) is 3. The minimum atomic E-state index is -0.445. The summed E-state index contributed by atoms with van der Waals surface area (Å²) >= 11 is 3.46. The van der Waals surface area contributed by atoms with Crippen molar-refractivity contribution in [2.45, 2.75) is 45.8 Å². The molecule has 1 aliphatic heterocycles. The molecule has 0 radical (unpaired) electrons. The van der Waals surface area contributed by atoms with E-state index in [1.165, 1.54) is 0 Å². The Balaban J connectivity index is 2.00. The fourth-order valence-electron chi connectivity index (χ4n) is 2.20. The molecule has 106 valence electrons. The van der Waals surface area contributed by atoms with Gasteiger partial charge in [0, 0.05) is 18.8 Å². The van der Waals surface area contributed by atoms with E-state index in [1.807, 2.05) is 32.4 Å². The van der Waals surface area contributed by atoms with E-state index in [0.717, 1.165) is 23.1 Å². The van der Waals surface area contributed by atoms with Crippen molar-refractivity contribution >= 4 is 22.0 Å². The molecule has 1 saturated heterocycles. The summed E-state index contributed by atoms with van der Waals surface area (Å²) in [7, 11) is 0. The van der Waals surface area contributed by atoms with Crippen LogP contribution >= 0.6 is 15.9 Å². The fraction of sp³-hybridized carbons (Fsp3) is 0.692. The maximum atomic E-state index is 12.0. The number of rotatable bonds is 1. The molecular weight excluding hydrogens is 310 g/mol. The van der Waals surface area contributed by atoms with E-state index in [1.54, 1.807) is 11.1 Å². The van der Waals surface area contributed by atoms with E-state index in [2.05, 4.69) is 21.0 Å². The van der Waals surface area contributed by atoms with Gasteiger partial charge in [-0.2, -0.15) is 5.10 Å². The van der Waals surface area contributed by atoms with Gasteiger partial charge < -0.3 is 9.64 Å². The Morgan fingerprint density at radius 3 is 2.74 bits per heavy atom. The van der Waals surface area contributed by atoms with Crippen molar-refractivity contribution in [2.24, 2.45) is 0 Å². The summed E-state index contributed by atoms with van der Waals surface area (Å²) in [5, 5.41) is 4.36. The smallest absolute Gasteiger partial charge is 0.410 e. The topological polar surface area (TPSA) is 47.4 Å². The monoisotopic (exact) mass is 329 g/mol. The van der Waals surface area contributed by atoms with Crippen molar-refractivity contribution in [3.05, 3.63) is 16.4 Å². The third-order valence-corrected chi connectivity index (χ3v) is 3.92. The van der Waals surface area contributed by atoms with Crippen LogP contribution in [0.25, 0.3) is 0 Å². The number of hydrogen-bond donors (Lipinski definition) is 0. The maximum absolute atomic E-state index is 12.0. The second-order valence-corrected chi connectivity index (χ2v) is 6.75. The van der Waals surface area contributed by atoms with Gasteiger partial charge in [0.1, 0.15) is 5.60 Å². The van der Waals surface area contributed by atoms with Gasteiger partial charge in [-0.25, -0.2) is 4.79 Å². The van der Waals surface area contributed by atoms with Gasteiger partial charge in [0.05, 0.1) is 16.7 Å². The highest BCUT2D eigenvalue weighted by molar-refractivity contribution is 9.10. The Morgan fingerprint density at radius 1 is 1.53 bits per heavy atom. The minimum Gasteiger partial charge on any atom is -0.444 e. The molecule has 2 rings (SSSR count). The summed E-state index contributed by atoms with van der Waals surface area (Å²) in [6, 6.07) is 0.235. The Bertz CT molecular complexity index is 479. The summed E-state index contributed by atoms with van der Waals surface area (Å²) in [4.78, 5) is 13.7. The molecule has 1 aromatic rings. The second kappa shape index (κ2) is 5.15. The zero-order chi connectivity index (χ0) is 14.2. The number of carbonyl (C=O) groups excluding carboxylic acids is 1. The van der Waals surface area contributed by atoms with Crippen molar-refractivity contribution in [1.29, 1.82) is 0 Å². The average molecular weight is 330 g/mol. The van der Waals surface area contributed by atoms with Crippen LogP contribution in [0.2, 0.25) is 0 Å². The summed E-state index contributed by atoms with van der Waals surface area (Å²) in [5.41, 5.74) is 0.649. The molecule has 0 bridgehead atoms. The van der Waals surface area contributed by atoms with Crippen LogP contribution in [0.15, 0.2) is 10.7 Å². The van der Waals surface area contributed by atoms with E-state index in [9.17, 15) is 4.79 Å². The molecule has 1 fully saturated rings. The molecule has 5 nitrogen and oxygen atoms in total. The lowest BCUT2D eigenvalue weighted by Crippen LogP contribution is -2.35. The highest BCUT2D eigenvalue weighted by Gasteiger charge is 2.31. The molecule has 19 heavy (non-hydrogen) atoms. The van der Waals surface area contributed by atoms with Gasteiger partial charge in [-0.1, -0.05) is 0 Å².